The highest BCUT2D eigenvalue weighted by Gasteiger charge is 2.41. The first-order valence-corrected chi connectivity index (χ1v) is 25.3. The molecule has 2 aliphatic heterocycles. The standard InChI is InChI=1S/C52H40Si2/c1-53(2)47-28-29-48-52-46(44-25-23-40(32-50(44)54(48,3)4)42-15-9-13-36-11-7-8-14-41(36)42)27-26-45(51(47)52)43-24-22-39(31-49(43)53)35-18-16-34(17-19-35)38-21-20-33-10-5-6-12-37(33)30-38/h5-32H,1-4H3. The van der Waals surface area contributed by atoms with Crippen molar-refractivity contribution in [2.75, 3.05) is 0 Å². The lowest BCUT2D eigenvalue weighted by molar-refractivity contribution is 1.58. The lowest BCUT2D eigenvalue weighted by atomic mass is 9.89. The molecule has 11 rings (SSSR count). The Morgan fingerprint density at radius 2 is 0.741 bits per heavy atom. The summed E-state index contributed by atoms with van der Waals surface area (Å²) < 4.78 is 0. The molecule has 0 amide bonds. The van der Waals surface area contributed by atoms with Crippen molar-refractivity contribution in [3.63, 3.8) is 0 Å². The summed E-state index contributed by atoms with van der Waals surface area (Å²) in [5.74, 6) is 0. The van der Waals surface area contributed by atoms with Crippen LogP contribution in [0.2, 0.25) is 26.2 Å². The average molecular weight is 721 g/mol. The Hall–Kier alpha value is -5.81. The maximum absolute atomic E-state index is 2.57. The maximum Gasteiger partial charge on any atom is 0.113 e. The van der Waals surface area contributed by atoms with Gasteiger partial charge in [-0.05, 0) is 115 Å². The van der Waals surface area contributed by atoms with Crippen molar-refractivity contribution in [2.45, 2.75) is 26.2 Å². The fourth-order valence-electron chi connectivity index (χ4n) is 9.92. The Bertz CT molecular complexity index is 3030. The molecule has 0 saturated heterocycles. The van der Waals surface area contributed by atoms with Gasteiger partial charge in [-0.25, -0.2) is 0 Å². The predicted molar refractivity (Wildman–Crippen MR) is 240 cm³/mol. The van der Waals surface area contributed by atoms with Crippen molar-refractivity contribution in [3.8, 4) is 55.6 Å². The third-order valence-electron chi connectivity index (χ3n) is 12.9. The van der Waals surface area contributed by atoms with Gasteiger partial charge in [-0.15, -0.1) is 0 Å². The first kappa shape index (κ1) is 31.7. The van der Waals surface area contributed by atoms with Crippen LogP contribution in [0.1, 0.15) is 0 Å². The number of benzene rings is 9. The molecule has 2 aliphatic rings. The Morgan fingerprint density at radius 3 is 1.39 bits per heavy atom. The van der Waals surface area contributed by atoms with Gasteiger partial charge in [0.05, 0.1) is 0 Å². The van der Waals surface area contributed by atoms with Crippen LogP contribution < -0.4 is 20.7 Å². The third-order valence-corrected chi connectivity index (χ3v) is 19.9. The summed E-state index contributed by atoms with van der Waals surface area (Å²) in [6, 6.07) is 64.7. The predicted octanol–water partition coefficient (Wildman–Crippen LogP) is 11.8. The summed E-state index contributed by atoms with van der Waals surface area (Å²) in [4.78, 5) is 0. The van der Waals surface area contributed by atoms with Crippen molar-refractivity contribution >= 4 is 69.2 Å². The van der Waals surface area contributed by atoms with Gasteiger partial charge in [-0.1, -0.05) is 190 Å². The van der Waals surface area contributed by atoms with Crippen LogP contribution in [0.25, 0.3) is 88.0 Å². The van der Waals surface area contributed by atoms with E-state index in [9.17, 15) is 0 Å². The van der Waals surface area contributed by atoms with Crippen molar-refractivity contribution < 1.29 is 0 Å². The molecule has 54 heavy (non-hydrogen) atoms. The Labute approximate surface area is 319 Å². The van der Waals surface area contributed by atoms with E-state index in [-0.39, 0.29) is 0 Å². The van der Waals surface area contributed by atoms with Crippen LogP contribution in [0.5, 0.6) is 0 Å². The fraction of sp³-hybridized carbons (Fsp3) is 0.0769. The minimum absolute atomic E-state index is 1.25. The zero-order chi connectivity index (χ0) is 36.3. The molecule has 0 atom stereocenters. The van der Waals surface area contributed by atoms with Gasteiger partial charge in [0.1, 0.15) is 16.1 Å². The highest BCUT2D eigenvalue weighted by molar-refractivity contribution is 7.05. The second kappa shape index (κ2) is 11.4. The van der Waals surface area contributed by atoms with Gasteiger partial charge in [0.2, 0.25) is 0 Å². The van der Waals surface area contributed by atoms with Crippen LogP contribution >= 0.6 is 0 Å². The molecule has 0 unspecified atom stereocenters. The first-order chi connectivity index (χ1) is 26.3. The molecule has 2 heteroatoms. The van der Waals surface area contributed by atoms with Gasteiger partial charge < -0.3 is 0 Å². The quantitative estimate of drug-likeness (QED) is 0.159. The van der Waals surface area contributed by atoms with E-state index in [1.54, 1.807) is 20.7 Å². The number of fused-ring (bicyclic) bond motifs is 6. The Kier molecular flexibility index (Phi) is 6.66. The molecule has 0 fully saturated rings. The van der Waals surface area contributed by atoms with E-state index in [1.807, 2.05) is 0 Å². The maximum atomic E-state index is 2.57. The van der Waals surface area contributed by atoms with Crippen molar-refractivity contribution in [1.82, 2.24) is 0 Å². The zero-order valence-corrected chi connectivity index (χ0v) is 33.2. The van der Waals surface area contributed by atoms with Crippen LogP contribution in [0.3, 0.4) is 0 Å². The molecule has 0 N–H and O–H groups in total. The monoisotopic (exact) mass is 720 g/mol. The van der Waals surface area contributed by atoms with E-state index in [0.29, 0.717) is 0 Å². The van der Waals surface area contributed by atoms with Crippen LogP contribution in [0, 0.1) is 0 Å². The summed E-state index contributed by atoms with van der Waals surface area (Å²) in [6.45, 7) is 10.3. The zero-order valence-electron chi connectivity index (χ0n) is 31.2. The topological polar surface area (TPSA) is 0 Å². The van der Waals surface area contributed by atoms with Gasteiger partial charge in [-0.2, -0.15) is 0 Å². The normalized spacial score (nSPS) is 14.6. The van der Waals surface area contributed by atoms with Crippen molar-refractivity contribution in [2.24, 2.45) is 0 Å². The molecule has 9 aromatic rings. The molecule has 0 aromatic heterocycles. The molecule has 0 bridgehead atoms. The van der Waals surface area contributed by atoms with Gasteiger partial charge >= 0.3 is 0 Å². The average Bonchev–Trinajstić information content (AvgIpc) is 3.21. The summed E-state index contributed by atoms with van der Waals surface area (Å²) in [5, 5.41) is 14.5. The smallest absolute Gasteiger partial charge is 0.0620 e. The first-order valence-electron chi connectivity index (χ1n) is 19.3. The molecule has 0 spiro atoms. The SMILES string of the molecule is C[Si]1(C)c2cc(-c3ccc(-c4ccc5ccccc5c4)cc3)ccc2-c2ccc3c4c(ccc1c24)[Si](C)(C)c1cc(-c2cccc4ccccc24)ccc1-3. The number of rotatable bonds is 3. The largest absolute Gasteiger partial charge is 0.113 e. The second-order valence-corrected chi connectivity index (χ2v) is 25.2. The minimum atomic E-state index is -2.05. The minimum Gasteiger partial charge on any atom is -0.0620 e. The highest BCUT2D eigenvalue weighted by atomic mass is 28.3. The molecule has 9 aromatic carbocycles. The van der Waals surface area contributed by atoms with E-state index < -0.39 is 16.1 Å². The van der Waals surface area contributed by atoms with E-state index in [4.69, 9.17) is 0 Å². The summed E-state index contributed by atoms with van der Waals surface area (Å²) in [7, 11) is -4.10. The van der Waals surface area contributed by atoms with Gasteiger partial charge in [0.25, 0.3) is 0 Å². The van der Waals surface area contributed by atoms with Crippen molar-refractivity contribution in [3.05, 3.63) is 170 Å². The molecule has 2 heterocycles. The van der Waals surface area contributed by atoms with E-state index >= 15 is 0 Å². The fourth-order valence-corrected chi connectivity index (χ4v) is 16.1. The second-order valence-electron chi connectivity index (χ2n) is 16.5. The van der Waals surface area contributed by atoms with E-state index in [2.05, 4.69) is 196 Å². The molecule has 0 nitrogen and oxygen atoms in total. The number of hydrogen-bond donors (Lipinski definition) is 0. The van der Waals surface area contributed by atoms with Gasteiger partial charge in [0.15, 0.2) is 0 Å². The van der Waals surface area contributed by atoms with Crippen LogP contribution in [0.4, 0.5) is 0 Å². The molecular formula is C52H40Si2. The number of hydrogen-bond acceptors (Lipinski definition) is 0. The third kappa shape index (κ3) is 4.48. The van der Waals surface area contributed by atoms with Crippen LogP contribution in [-0.4, -0.2) is 16.1 Å². The van der Waals surface area contributed by atoms with E-state index in [0.717, 1.165) is 0 Å². The summed E-state index contributed by atoms with van der Waals surface area (Å²) >= 11 is 0. The molecule has 0 radical (unpaired) electrons. The Balaban J connectivity index is 1.02. The van der Waals surface area contributed by atoms with Crippen LogP contribution in [0.15, 0.2) is 170 Å². The molecule has 0 saturated carbocycles. The molecule has 256 valence electrons. The summed E-state index contributed by atoms with van der Waals surface area (Å²) in [5.41, 5.74) is 13.4. The molecular weight excluding hydrogens is 681 g/mol. The van der Waals surface area contributed by atoms with Crippen LogP contribution in [-0.2, 0) is 0 Å². The van der Waals surface area contributed by atoms with Gasteiger partial charge in [0, 0.05) is 0 Å². The van der Waals surface area contributed by atoms with E-state index in [1.165, 1.54) is 88.0 Å². The Morgan fingerprint density at radius 1 is 0.278 bits per heavy atom. The van der Waals surface area contributed by atoms with Gasteiger partial charge in [-0.3, -0.25) is 0 Å². The lowest BCUT2D eigenvalue weighted by Gasteiger charge is -2.39. The highest BCUT2D eigenvalue weighted by Crippen LogP contribution is 2.42. The van der Waals surface area contributed by atoms with Crippen molar-refractivity contribution in [1.29, 1.82) is 0 Å². The lowest BCUT2D eigenvalue weighted by Crippen LogP contribution is -2.59. The molecule has 0 aliphatic carbocycles. The summed E-state index contributed by atoms with van der Waals surface area (Å²) in [6.07, 6.45) is 0.